The Balaban J connectivity index is 1.69. The van der Waals surface area contributed by atoms with Gasteiger partial charge in [0.05, 0.1) is 24.4 Å². The van der Waals surface area contributed by atoms with Crippen LogP contribution < -0.4 is 10.1 Å². The first kappa shape index (κ1) is 16.2. The average molecular weight is 342 g/mol. The number of nitrogens with zero attached hydrogens (tertiary/aromatic N) is 3. The SMILES string of the molecule is COc1ccccc1-n1cc(C(=O)N[C@H](C)Cc2cncs2)cn1. The number of aromatic nitrogens is 3. The van der Waals surface area contributed by atoms with E-state index in [1.54, 1.807) is 41.0 Å². The van der Waals surface area contributed by atoms with E-state index in [2.05, 4.69) is 15.4 Å². The summed E-state index contributed by atoms with van der Waals surface area (Å²) in [6.45, 7) is 1.97. The van der Waals surface area contributed by atoms with Crippen molar-refractivity contribution in [1.29, 1.82) is 0 Å². The zero-order valence-electron chi connectivity index (χ0n) is 13.5. The third-order valence-electron chi connectivity index (χ3n) is 3.55. The van der Waals surface area contributed by atoms with Crippen LogP contribution in [0.5, 0.6) is 5.75 Å². The number of amides is 1. The van der Waals surface area contributed by atoms with Gasteiger partial charge in [-0.1, -0.05) is 12.1 Å². The number of nitrogens with one attached hydrogen (secondary N) is 1. The van der Waals surface area contributed by atoms with Crippen LogP contribution in [0.4, 0.5) is 0 Å². The van der Waals surface area contributed by atoms with Crippen LogP contribution in [-0.2, 0) is 6.42 Å². The van der Waals surface area contributed by atoms with E-state index in [0.717, 1.165) is 17.0 Å². The zero-order chi connectivity index (χ0) is 16.9. The fourth-order valence-corrected chi connectivity index (χ4v) is 3.12. The van der Waals surface area contributed by atoms with Crippen LogP contribution in [-0.4, -0.2) is 33.8 Å². The predicted molar refractivity (Wildman–Crippen MR) is 92.9 cm³/mol. The molecule has 24 heavy (non-hydrogen) atoms. The van der Waals surface area contributed by atoms with Crippen molar-refractivity contribution < 1.29 is 9.53 Å². The molecule has 0 bridgehead atoms. The van der Waals surface area contributed by atoms with E-state index in [1.165, 1.54) is 0 Å². The Morgan fingerprint density at radius 2 is 2.21 bits per heavy atom. The van der Waals surface area contributed by atoms with Crippen LogP contribution in [0.25, 0.3) is 5.69 Å². The summed E-state index contributed by atoms with van der Waals surface area (Å²) in [5, 5.41) is 7.25. The summed E-state index contributed by atoms with van der Waals surface area (Å²) in [5.74, 6) is 0.555. The van der Waals surface area contributed by atoms with Crippen molar-refractivity contribution in [3.8, 4) is 11.4 Å². The van der Waals surface area contributed by atoms with E-state index in [-0.39, 0.29) is 11.9 Å². The predicted octanol–water partition coefficient (Wildman–Crippen LogP) is 2.70. The molecule has 0 spiro atoms. The van der Waals surface area contributed by atoms with Gasteiger partial charge >= 0.3 is 0 Å². The Hall–Kier alpha value is -2.67. The third kappa shape index (κ3) is 3.62. The highest BCUT2D eigenvalue weighted by atomic mass is 32.1. The molecule has 1 atom stereocenters. The topological polar surface area (TPSA) is 69.0 Å². The number of carbonyl (C=O) groups is 1. The molecule has 6 nitrogen and oxygen atoms in total. The van der Waals surface area contributed by atoms with Crippen molar-refractivity contribution in [1.82, 2.24) is 20.1 Å². The molecule has 1 aromatic carbocycles. The first-order chi connectivity index (χ1) is 11.7. The summed E-state index contributed by atoms with van der Waals surface area (Å²) in [4.78, 5) is 17.6. The second-order valence-electron chi connectivity index (χ2n) is 5.39. The summed E-state index contributed by atoms with van der Waals surface area (Å²) >= 11 is 1.59. The second-order valence-corrected chi connectivity index (χ2v) is 6.36. The maximum absolute atomic E-state index is 12.4. The van der Waals surface area contributed by atoms with Gasteiger partial charge in [0.15, 0.2) is 0 Å². The summed E-state index contributed by atoms with van der Waals surface area (Å²) in [7, 11) is 1.61. The van der Waals surface area contributed by atoms with E-state index < -0.39 is 0 Å². The number of para-hydroxylation sites is 2. The summed E-state index contributed by atoms with van der Waals surface area (Å²) < 4.78 is 6.97. The molecule has 0 aliphatic heterocycles. The largest absolute Gasteiger partial charge is 0.494 e. The maximum atomic E-state index is 12.4. The van der Waals surface area contributed by atoms with Gasteiger partial charge in [0.1, 0.15) is 11.4 Å². The number of ether oxygens (including phenoxy) is 1. The van der Waals surface area contributed by atoms with Crippen LogP contribution in [0.3, 0.4) is 0 Å². The molecule has 0 unspecified atom stereocenters. The molecular formula is C17H18N4O2S. The van der Waals surface area contributed by atoms with Crippen LogP contribution in [0.2, 0.25) is 0 Å². The molecule has 2 aromatic heterocycles. The van der Waals surface area contributed by atoms with E-state index in [4.69, 9.17) is 4.74 Å². The maximum Gasteiger partial charge on any atom is 0.254 e. The van der Waals surface area contributed by atoms with Crippen molar-refractivity contribution in [3.05, 3.63) is 58.8 Å². The van der Waals surface area contributed by atoms with Gasteiger partial charge < -0.3 is 10.1 Å². The summed E-state index contributed by atoms with van der Waals surface area (Å²) in [5.41, 5.74) is 3.09. The lowest BCUT2D eigenvalue weighted by Crippen LogP contribution is -2.33. The van der Waals surface area contributed by atoms with Gasteiger partial charge in [-0.25, -0.2) is 4.68 Å². The number of rotatable bonds is 6. The Bertz CT molecular complexity index is 814. The van der Waals surface area contributed by atoms with Crippen LogP contribution in [0.15, 0.2) is 48.4 Å². The first-order valence-corrected chi connectivity index (χ1v) is 8.41. The van der Waals surface area contributed by atoms with Crippen LogP contribution in [0, 0.1) is 0 Å². The fraction of sp³-hybridized carbons (Fsp3) is 0.235. The van der Waals surface area contributed by atoms with E-state index in [9.17, 15) is 4.79 Å². The molecule has 0 radical (unpaired) electrons. The molecule has 3 rings (SSSR count). The molecule has 2 heterocycles. The lowest BCUT2D eigenvalue weighted by molar-refractivity contribution is 0.0940. The van der Waals surface area contributed by atoms with E-state index in [0.29, 0.717) is 11.3 Å². The van der Waals surface area contributed by atoms with E-state index in [1.807, 2.05) is 37.4 Å². The number of thiazole rings is 1. The number of benzene rings is 1. The molecule has 124 valence electrons. The molecule has 7 heteroatoms. The first-order valence-electron chi connectivity index (χ1n) is 7.53. The number of hydrogen-bond acceptors (Lipinski definition) is 5. The Morgan fingerprint density at radius 3 is 2.96 bits per heavy atom. The lowest BCUT2D eigenvalue weighted by Gasteiger charge is -2.11. The van der Waals surface area contributed by atoms with Crippen molar-refractivity contribution >= 4 is 17.2 Å². The molecule has 0 aliphatic rings. The minimum atomic E-state index is -0.145. The summed E-state index contributed by atoms with van der Waals surface area (Å²) in [6.07, 6.45) is 5.85. The van der Waals surface area contributed by atoms with Crippen molar-refractivity contribution in [2.45, 2.75) is 19.4 Å². The molecule has 3 aromatic rings. The van der Waals surface area contributed by atoms with Gasteiger partial charge in [0.2, 0.25) is 0 Å². The molecule has 0 saturated carbocycles. The normalized spacial score (nSPS) is 11.9. The molecule has 0 saturated heterocycles. The minimum absolute atomic E-state index is 0.0209. The molecule has 0 fully saturated rings. The second kappa shape index (κ2) is 7.27. The minimum Gasteiger partial charge on any atom is -0.494 e. The quantitative estimate of drug-likeness (QED) is 0.748. The monoisotopic (exact) mass is 342 g/mol. The van der Waals surface area contributed by atoms with Gasteiger partial charge in [0.25, 0.3) is 5.91 Å². The van der Waals surface area contributed by atoms with Gasteiger partial charge in [0, 0.05) is 29.7 Å². The lowest BCUT2D eigenvalue weighted by atomic mass is 10.2. The molecule has 0 aliphatic carbocycles. The standard InChI is InChI=1S/C17H18N4O2S/c1-12(7-14-9-18-11-24-14)20-17(22)13-8-19-21(10-13)15-5-3-4-6-16(15)23-2/h3-6,8-12H,7H2,1-2H3,(H,20,22)/t12-/m1/s1. The number of carbonyl (C=O) groups excluding carboxylic acids is 1. The molecule has 1 N–H and O–H groups in total. The highest BCUT2D eigenvalue weighted by Crippen LogP contribution is 2.21. The Labute approximate surface area is 144 Å². The van der Waals surface area contributed by atoms with Crippen molar-refractivity contribution in [3.63, 3.8) is 0 Å². The third-order valence-corrected chi connectivity index (χ3v) is 4.35. The van der Waals surface area contributed by atoms with Gasteiger partial charge in [-0.2, -0.15) is 5.10 Å². The average Bonchev–Trinajstić information content (AvgIpc) is 3.26. The van der Waals surface area contributed by atoms with E-state index >= 15 is 0 Å². The number of methoxy groups -OCH3 is 1. The van der Waals surface area contributed by atoms with Crippen molar-refractivity contribution in [2.75, 3.05) is 7.11 Å². The highest BCUT2D eigenvalue weighted by Gasteiger charge is 2.14. The Morgan fingerprint density at radius 1 is 1.38 bits per heavy atom. The highest BCUT2D eigenvalue weighted by molar-refractivity contribution is 7.09. The Kier molecular flexibility index (Phi) is 4.90. The van der Waals surface area contributed by atoms with Gasteiger partial charge in [-0.15, -0.1) is 11.3 Å². The molecular weight excluding hydrogens is 324 g/mol. The molecule has 1 amide bonds. The van der Waals surface area contributed by atoms with Crippen LogP contribution in [0.1, 0.15) is 22.2 Å². The smallest absolute Gasteiger partial charge is 0.254 e. The fourth-order valence-electron chi connectivity index (χ4n) is 2.39. The van der Waals surface area contributed by atoms with Gasteiger partial charge in [-0.05, 0) is 19.1 Å². The van der Waals surface area contributed by atoms with Crippen molar-refractivity contribution in [2.24, 2.45) is 0 Å². The summed E-state index contributed by atoms with van der Waals surface area (Å²) in [6, 6.07) is 7.55. The van der Waals surface area contributed by atoms with Crippen LogP contribution >= 0.6 is 11.3 Å². The van der Waals surface area contributed by atoms with Gasteiger partial charge in [-0.3, -0.25) is 9.78 Å². The zero-order valence-corrected chi connectivity index (χ0v) is 14.3. The number of hydrogen-bond donors (Lipinski definition) is 1.